The minimum absolute atomic E-state index is 0.0788. The molecule has 0 bridgehead atoms. The van der Waals surface area contributed by atoms with E-state index >= 15 is 0 Å². The van der Waals surface area contributed by atoms with Crippen molar-refractivity contribution in [3.63, 3.8) is 0 Å². The van der Waals surface area contributed by atoms with Gasteiger partial charge in [-0.25, -0.2) is 4.79 Å². The van der Waals surface area contributed by atoms with Gasteiger partial charge in [0.15, 0.2) is 0 Å². The predicted octanol–water partition coefficient (Wildman–Crippen LogP) is 4.27. The number of aromatic nitrogens is 2. The zero-order chi connectivity index (χ0) is 25.7. The SMILES string of the molecule is CC1=NC(C)=C(C(=O)OCCN(C)Cc2ccccc2)C(c2cccc([N+](=O)[O-])c2)C1c1nnco1. The van der Waals surface area contributed by atoms with Crippen LogP contribution in [0.5, 0.6) is 0 Å². The van der Waals surface area contributed by atoms with Gasteiger partial charge >= 0.3 is 5.97 Å². The monoisotopic (exact) mass is 489 g/mol. The molecule has 10 heteroatoms. The number of hydrogen-bond donors (Lipinski definition) is 0. The predicted molar refractivity (Wildman–Crippen MR) is 132 cm³/mol. The molecule has 0 saturated carbocycles. The highest BCUT2D eigenvalue weighted by atomic mass is 16.6. The van der Waals surface area contributed by atoms with Crippen molar-refractivity contribution in [1.82, 2.24) is 15.1 Å². The number of allylic oxidation sites excluding steroid dienone is 1. The number of aliphatic imine (C=N–C) groups is 1. The van der Waals surface area contributed by atoms with Crippen LogP contribution in [-0.2, 0) is 16.1 Å². The maximum absolute atomic E-state index is 13.4. The molecule has 0 fully saturated rings. The number of carbonyl (C=O) groups is 1. The van der Waals surface area contributed by atoms with E-state index in [1.807, 2.05) is 44.3 Å². The summed E-state index contributed by atoms with van der Waals surface area (Å²) in [7, 11) is 1.96. The van der Waals surface area contributed by atoms with Crippen LogP contribution < -0.4 is 0 Å². The molecule has 1 aliphatic heterocycles. The van der Waals surface area contributed by atoms with E-state index in [0.717, 1.165) is 12.1 Å². The van der Waals surface area contributed by atoms with E-state index in [2.05, 4.69) is 20.1 Å². The van der Waals surface area contributed by atoms with Crippen molar-refractivity contribution in [2.45, 2.75) is 32.2 Å². The van der Waals surface area contributed by atoms with Gasteiger partial charge in [0, 0.05) is 42.5 Å². The Hall–Kier alpha value is -4.18. The lowest BCUT2D eigenvalue weighted by Crippen LogP contribution is -2.30. The Morgan fingerprint density at radius 1 is 1.14 bits per heavy atom. The second-order valence-electron chi connectivity index (χ2n) is 8.70. The fourth-order valence-corrected chi connectivity index (χ4v) is 4.48. The van der Waals surface area contributed by atoms with Gasteiger partial charge in [-0.15, -0.1) is 10.2 Å². The van der Waals surface area contributed by atoms with E-state index in [1.54, 1.807) is 19.1 Å². The van der Waals surface area contributed by atoms with Crippen LogP contribution in [-0.4, -0.2) is 51.9 Å². The first kappa shape index (κ1) is 24.9. The quantitative estimate of drug-likeness (QED) is 0.248. The van der Waals surface area contributed by atoms with Crippen molar-refractivity contribution in [3.8, 4) is 0 Å². The average Bonchev–Trinajstić information content (AvgIpc) is 3.38. The molecule has 2 unspecified atom stereocenters. The molecule has 186 valence electrons. The Kier molecular flexibility index (Phi) is 7.65. The van der Waals surface area contributed by atoms with Gasteiger partial charge in [0.2, 0.25) is 12.3 Å². The lowest BCUT2D eigenvalue weighted by Gasteiger charge is -2.31. The van der Waals surface area contributed by atoms with Gasteiger partial charge in [0.1, 0.15) is 6.61 Å². The van der Waals surface area contributed by atoms with Gasteiger partial charge < -0.3 is 9.15 Å². The second-order valence-corrected chi connectivity index (χ2v) is 8.70. The Bertz CT molecular complexity index is 1290. The molecule has 36 heavy (non-hydrogen) atoms. The number of non-ortho nitro benzene ring substituents is 1. The third-order valence-electron chi connectivity index (χ3n) is 6.13. The molecule has 1 aliphatic rings. The topological polar surface area (TPSA) is 124 Å². The highest BCUT2D eigenvalue weighted by Gasteiger charge is 2.41. The molecule has 10 nitrogen and oxygen atoms in total. The molecule has 0 N–H and O–H groups in total. The minimum Gasteiger partial charge on any atom is -0.461 e. The summed E-state index contributed by atoms with van der Waals surface area (Å²) < 4.78 is 11.2. The molecular weight excluding hydrogens is 462 g/mol. The summed E-state index contributed by atoms with van der Waals surface area (Å²) in [5.74, 6) is -1.47. The normalized spacial score (nSPS) is 17.7. The van der Waals surface area contributed by atoms with Crippen LogP contribution in [0.1, 0.15) is 42.7 Å². The van der Waals surface area contributed by atoms with Crippen molar-refractivity contribution >= 4 is 17.4 Å². The smallest absolute Gasteiger partial charge is 0.336 e. The summed E-state index contributed by atoms with van der Waals surface area (Å²) in [5, 5.41) is 19.3. The van der Waals surface area contributed by atoms with E-state index in [4.69, 9.17) is 9.15 Å². The fraction of sp³-hybridized carbons (Fsp3) is 0.308. The summed E-state index contributed by atoms with van der Waals surface area (Å²) in [4.78, 5) is 31.0. The molecule has 4 rings (SSSR count). The summed E-state index contributed by atoms with van der Waals surface area (Å²) in [6.07, 6.45) is 1.21. The van der Waals surface area contributed by atoms with E-state index < -0.39 is 22.7 Å². The standard InChI is InChI=1S/C26H27N5O5/c1-17-22(25-29-27-16-36-25)24(20-10-7-11-21(14-20)31(33)34)23(18(2)28-17)26(32)35-13-12-30(3)15-19-8-5-4-6-9-19/h4-11,14,16,22,24H,12-13,15H2,1-3H3. The molecule has 0 radical (unpaired) electrons. The zero-order valence-corrected chi connectivity index (χ0v) is 20.3. The van der Waals surface area contributed by atoms with E-state index in [1.165, 1.54) is 18.5 Å². The molecule has 2 aromatic carbocycles. The highest BCUT2D eigenvalue weighted by Crippen LogP contribution is 2.44. The van der Waals surface area contributed by atoms with Crippen LogP contribution in [0.3, 0.4) is 0 Å². The largest absolute Gasteiger partial charge is 0.461 e. The van der Waals surface area contributed by atoms with Crippen molar-refractivity contribution in [1.29, 1.82) is 0 Å². The number of hydrogen-bond acceptors (Lipinski definition) is 9. The number of likely N-dealkylation sites (N-methyl/N-ethyl adjacent to an activating group) is 1. The first-order valence-corrected chi connectivity index (χ1v) is 11.5. The summed E-state index contributed by atoms with van der Waals surface area (Å²) in [5.41, 5.74) is 3.11. The minimum atomic E-state index is -0.641. The van der Waals surface area contributed by atoms with Crippen LogP contribution in [0.2, 0.25) is 0 Å². The number of carbonyl (C=O) groups excluding carboxylic acids is 1. The fourth-order valence-electron chi connectivity index (χ4n) is 4.48. The molecular formula is C26H27N5O5. The number of ether oxygens (including phenoxy) is 1. The number of nitro groups is 1. The Morgan fingerprint density at radius 3 is 2.61 bits per heavy atom. The number of benzene rings is 2. The molecule has 3 aromatic rings. The third-order valence-corrected chi connectivity index (χ3v) is 6.13. The van der Waals surface area contributed by atoms with E-state index in [9.17, 15) is 14.9 Å². The molecule has 0 aliphatic carbocycles. The lowest BCUT2D eigenvalue weighted by atomic mass is 9.75. The van der Waals surface area contributed by atoms with Gasteiger partial charge in [-0.2, -0.15) is 0 Å². The van der Waals surface area contributed by atoms with Crippen molar-refractivity contribution < 1.29 is 18.9 Å². The number of esters is 1. The van der Waals surface area contributed by atoms with Crippen LogP contribution >= 0.6 is 0 Å². The molecule has 2 heterocycles. The van der Waals surface area contributed by atoms with Crippen molar-refractivity contribution in [2.24, 2.45) is 4.99 Å². The molecule has 0 saturated heterocycles. The maximum atomic E-state index is 13.4. The number of nitro benzene ring substituents is 1. The summed E-state index contributed by atoms with van der Waals surface area (Å²) >= 11 is 0. The van der Waals surface area contributed by atoms with Gasteiger partial charge in [0.25, 0.3) is 5.69 Å². The molecule has 2 atom stereocenters. The molecule has 1 aromatic heterocycles. The Labute approximate surface area is 208 Å². The second kappa shape index (κ2) is 11.0. The lowest BCUT2D eigenvalue weighted by molar-refractivity contribution is -0.384. The third kappa shape index (κ3) is 5.55. The number of rotatable bonds is 9. The molecule has 0 spiro atoms. The Balaban J connectivity index is 1.59. The van der Waals surface area contributed by atoms with Crippen LogP contribution in [0.25, 0.3) is 0 Å². The van der Waals surface area contributed by atoms with Crippen molar-refractivity contribution in [3.05, 3.63) is 99.4 Å². The van der Waals surface area contributed by atoms with Crippen LogP contribution in [0.4, 0.5) is 5.69 Å². The van der Waals surface area contributed by atoms with Gasteiger partial charge in [-0.3, -0.25) is 20.0 Å². The Morgan fingerprint density at radius 2 is 1.92 bits per heavy atom. The maximum Gasteiger partial charge on any atom is 0.336 e. The first-order valence-electron chi connectivity index (χ1n) is 11.5. The van der Waals surface area contributed by atoms with Crippen LogP contribution in [0, 0.1) is 10.1 Å². The highest BCUT2D eigenvalue weighted by molar-refractivity contribution is 5.99. The zero-order valence-electron chi connectivity index (χ0n) is 20.3. The first-order chi connectivity index (χ1) is 17.3. The van der Waals surface area contributed by atoms with Gasteiger partial charge in [-0.1, -0.05) is 42.5 Å². The average molecular weight is 490 g/mol. The molecule has 0 amide bonds. The summed E-state index contributed by atoms with van der Waals surface area (Å²) in [6, 6.07) is 16.2. The van der Waals surface area contributed by atoms with Crippen molar-refractivity contribution in [2.75, 3.05) is 20.2 Å². The number of nitrogens with zero attached hydrogens (tertiary/aromatic N) is 5. The van der Waals surface area contributed by atoms with E-state index in [0.29, 0.717) is 29.1 Å². The van der Waals surface area contributed by atoms with Gasteiger partial charge in [-0.05, 0) is 32.0 Å². The van der Waals surface area contributed by atoms with Gasteiger partial charge in [0.05, 0.1) is 16.4 Å². The van der Waals surface area contributed by atoms with Crippen LogP contribution in [0.15, 0.2) is 81.7 Å². The van der Waals surface area contributed by atoms with E-state index in [-0.39, 0.29) is 18.2 Å². The summed E-state index contributed by atoms with van der Waals surface area (Å²) in [6.45, 7) is 4.97.